The van der Waals surface area contributed by atoms with Gasteiger partial charge in [0.15, 0.2) is 0 Å². The van der Waals surface area contributed by atoms with Gasteiger partial charge in [-0.15, -0.1) is 0 Å². The fourth-order valence-corrected chi connectivity index (χ4v) is 4.25. The van der Waals surface area contributed by atoms with Gasteiger partial charge < -0.3 is 14.9 Å². The molecule has 4 rings (SSSR count). The normalized spacial score (nSPS) is 28.9. The van der Waals surface area contributed by atoms with E-state index in [9.17, 15) is 9.90 Å². The number of aliphatic hydroxyl groups excluding tert-OH is 1. The smallest absolute Gasteiger partial charge is 0.290 e. The highest BCUT2D eigenvalue weighted by Gasteiger charge is 2.47. The highest BCUT2D eigenvalue weighted by atomic mass is 16.5. The van der Waals surface area contributed by atoms with Crippen LogP contribution in [0.25, 0.3) is 11.3 Å². The monoisotopic (exact) mass is 312 g/mol. The van der Waals surface area contributed by atoms with Crippen molar-refractivity contribution >= 4 is 5.91 Å². The number of carbonyl (C=O) groups is 1. The van der Waals surface area contributed by atoms with E-state index < -0.39 is 0 Å². The van der Waals surface area contributed by atoms with Crippen molar-refractivity contribution in [2.45, 2.75) is 25.3 Å². The summed E-state index contributed by atoms with van der Waals surface area (Å²) in [5.41, 5.74) is 1.57. The molecule has 1 amide bonds. The molecule has 4 atom stereocenters. The maximum absolute atomic E-state index is 12.5. The number of hydrogen-bond acceptors (Lipinski definition) is 4. The summed E-state index contributed by atoms with van der Waals surface area (Å²) in [6.45, 7) is 0.137. The van der Waals surface area contributed by atoms with Crippen molar-refractivity contribution in [2.75, 3.05) is 6.61 Å². The second kappa shape index (κ2) is 5.81. The Morgan fingerprint density at radius 3 is 2.83 bits per heavy atom. The summed E-state index contributed by atoms with van der Waals surface area (Å²) in [4.78, 5) is 12.5. The van der Waals surface area contributed by atoms with E-state index in [0.29, 0.717) is 17.5 Å². The summed E-state index contributed by atoms with van der Waals surface area (Å²) in [5, 5.41) is 16.7. The van der Waals surface area contributed by atoms with Gasteiger partial charge in [-0.05, 0) is 31.1 Å². The number of benzene rings is 1. The van der Waals surface area contributed by atoms with Crippen molar-refractivity contribution < 1.29 is 14.4 Å². The molecular formula is C18H20N2O3. The van der Waals surface area contributed by atoms with Crippen LogP contribution in [0.2, 0.25) is 0 Å². The minimum atomic E-state index is -0.240. The summed E-state index contributed by atoms with van der Waals surface area (Å²) in [6.07, 6.45) is 3.42. The number of aromatic nitrogens is 1. The van der Waals surface area contributed by atoms with Gasteiger partial charge in [0.2, 0.25) is 5.76 Å². The fourth-order valence-electron chi connectivity index (χ4n) is 4.25. The molecule has 120 valence electrons. The van der Waals surface area contributed by atoms with E-state index >= 15 is 0 Å². The molecule has 5 heteroatoms. The third-order valence-corrected chi connectivity index (χ3v) is 5.40. The zero-order chi connectivity index (χ0) is 15.8. The average Bonchev–Trinajstić information content (AvgIpc) is 3.31. The Labute approximate surface area is 134 Å². The number of rotatable bonds is 4. The molecule has 1 aromatic heterocycles. The molecule has 23 heavy (non-hydrogen) atoms. The lowest BCUT2D eigenvalue weighted by molar-refractivity contribution is 0.0826. The molecule has 0 spiro atoms. The number of aliphatic hydroxyl groups is 1. The lowest BCUT2D eigenvalue weighted by Crippen LogP contribution is -2.45. The van der Waals surface area contributed by atoms with Crippen molar-refractivity contribution in [3.8, 4) is 11.3 Å². The zero-order valence-electron chi connectivity index (χ0n) is 12.8. The number of hydrogen-bond donors (Lipinski definition) is 2. The van der Waals surface area contributed by atoms with Crippen LogP contribution in [-0.4, -0.2) is 28.8 Å². The molecule has 0 radical (unpaired) electrons. The first kappa shape index (κ1) is 14.5. The van der Waals surface area contributed by atoms with Gasteiger partial charge in [-0.1, -0.05) is 35.5 Å². The van der Waals surface area contributed by atoms with Crippen LogP contribution < -0.4 is 5.32 Å². The molecule has 2 aromatic rings. The van der Waals surface area contributed by atoms with E-state index in [0.717, 1.165) is 18.4 Å². The Hall–Kier alpha value is -2.14. The van der Waals surface area contributed by atoms with Crippen LogP contribution >= 0.6 is 0 Å². The number of fused-ring (bicyclic) bond motifs is 2. The highest BCUT2D eigenvalue weighted by Crippen LogP contribution is 2.48. The van der Waals surface area contributed by atoms with Gasteiger partial charge in [0.05, 0.1) is 0 Å². The molecule has 1 aromatic carbocycles. The number of nitrogens with zero attached hydrogens (tertiary/aromatic N) is 1. The van der Waals surface area contributed by atoms with Gasteiger partial charge in [-0.25, -0.2) is 0 Å². The van der Waals surface area contributed by atoms with Gasteiger partial charge in [-0.3, -0.25) is 4.79 Å². The molecule has 1 heterocycles. The Kier molecular flexibility index (Phi) is 3.65. The first-order chi connectivity index (χ1) is 11.3. The van der Waals surface area contributed by atoms with E-state index in [2.05, 4.69) is 10.5 Å². The Morgan fingerprint density at radius 1 is 1.26 bits per heavy atom. The lowest BCUT2D eigenvalue weighted by Gasteiger charge is -2.30. The molecule has 2 N–H and O–H groups in total. The van der Waals surface area contributed by atoms with Crippen LogP contribution in [-0.2, 0) is 0 Å². The predicted molar refractivity (Wildman–Crippen MR) is 84.6 cm³/mol. The van der Waals surface area contributed by atoms with Crippen molar-refractivity contribution in [1.29, 1.82) is 0 Å². The van der Waals surface area contributed by atoms with E-state index in [1.54, 1.807) is 6.07 Å². The molecule has 2 bridgehead atoms. The van der Waals surface area contributed by atoms with E-state index in [1.165, 1.54) is 6.42 Å². The number of amides is 1. The standard InChI is InChI=1S/C18H20N2O3/c21-10-14-12-6-7-13(8-12)17(14)19-18(22)16-9-15(20-23-16)11-4-2-1-3-5-11/h1-5,9,12-14,17,21H,6-8,10H2,(H,19,22). The van der Waals surface area contributed by atoms with Gasteiger partial charge in [0, 0.05) is 30.2 Å². The molecule has 2 fully saturated rings. The molecule has 0 saturated heterocycles. The topological polar surface area (TPSA) is 75.4 Å². The van der Waals surface area contributed by atoms with Gasteiger partial charge >= 0.3 is 0 Å². The van der Waals surface area contributed by atoms with E-state index in [-0.39, 0.29) is 30.2 Å². The van der Waals surface area contributed by atoms with Crippen LogP contribution in [0, 0.1) is 17.8 Å². The molecule has 2 saturated carbocycles. The second-order valence-corrected chi connectivity index (χ2v) is 6.62. The summed E-state index contributed by atoms with van der Waals surface area (Å²) < 4.78 is 5.22. The summed E-state index contributed by atoms with van der Waals surface area (Å²) in [6, 6.07) is 11.4. The summed E-state index contributed by atoms with van der Waals surface area (Å²) in [7, 11) is 0. The third kappa shape index (κ3) is 2.55. The average molecular weight is 312 g/mol. The van der Waals surface area contributed by atoms with Crippen LogP contribution in [0.3, 0.4) is 0 Å². The van der Waals surface area contributed by atoms with Gasteiger partial charge in [0.25, 0.3) is 5.91 Å². The van der Waals surface area contributed by atoms with Crippen LogP contribution in [0.15, 0.2) is 40.9 Å². The fraction of sp³-hybridized carbons (Fsp3) is 0.444. The SMILES string of the molecule is O=C(NC1C2CCC(C2)C1CO)c1cc(-c2ccccc2)no1. The zero-order valence-corrected chi connectivity index (χ0v) is 12.8. The molecular weight excluding hydrogens is 292 g/mol. The third-order valence-electron chi connectivity index (χ3n) is 5.40. The second-order valence-electron chi connectivity index (χ2n) is 6.62. The van der Waals surface area contributed by atoms with Crippen molar-refractivity contribution in [3.63, 3.8) is 0 Å². The van der Waals surface area contributed by atoms with Crippen LogP contribution in [0.5, 0.6) is 0 Å². The Balaban J connectivity index is 1.49. The predicted octanol–water partition coefficient (Wildman–Crippen LogP) is 2.48. The highest BCUT2D eigenvalue weighted by molar-refractivity contribution is 5.92. The summed E-state index contributed by atoms with van der Waals surface area (Å²) >= 11 is 0. The Bertz CT molecular complexity index is 697. The van der Waals surface area contributed by atoms with Crippen LogP contribution in [0.4, 0.5) is 0 Å². The number of nitrogens with one attached hydrogen (secondary N) is 1. The lowest BCUT2D eigenvalue weighted by atomic mass is 9.85. The minimum absolute atomic E-state index is 0.0523. The maximum Gasteiger partial charge on any atom is 0.290 e. The molecule has 4 unspecified atom stereocenters. The molecule has 2 aliphatic carbocycles. The van der Waals surface area contributed by atoms with Gasteiger partial charge in [0.1, 0.15) is 5.69 Å². The van der Waals surface area contributed by atoms with Crippen molar-refractivity contribution in [1.82, 2.24) is 10.5 Å². The minimum Gasteiger partial charge on any atom is -0.396 e. The molecule has 5 nitrogen and oxygen atoms in total. The quantitative estimate of drug-likeness (QED) is 0.909. The first-order valence-electron chi connectivity index (χ1n) is 8.20. The summed E-state index contributed by atoms with van der Waals surface area (Å²) in [5.74, 6) is 1.19. The Morgan fingerprint density at radius 2 is 2.04 bits per heavy atom. The largest absolute Gasteiger partial charge is 0.396 e. The van der Waals surface area contributed by atoms with Crippen molar-refractivity contribution in [3.05, 3.63) is 42.2 Å². The number of carbonyl (C=O) groups excluding carboxylic acids is 1. The van der Waals surface area contributed by atoms with Gasteiger partial charge in [-0.2, -0.15) is 0 Å². The maximum atomic E-state index is 12.5. The van der Waals surface area contributed by atoms with E-state index in [1.807, 2.05) is 30.3 Å². The van der Waals surface area contributed by atoms with Crippen LogP contribution in [0.1, 0.15) is 29.8 Å². The molecule has 0 aliphatic heterocycles. The first-order valence-corrected chi connectivity index (χ1v) is 8.20. The van der Waals surface area contributed by atoms with Crippen molar-refractivity contribution in [2.24, 2.45) is 17.8 Å². The van der Waals surface area contributed by atoms with E-state index in [4.69, 9.17) is 4.52 Å². The molecule has 2 aliphatic rings.